The van der Waals surface area contributed by atoms with E-state index in [0.717, 1.165) is 52.1 Å². The number of ether oxygens (including phenoxy) is 2. The average molecular weight is 478 g/mol. The molecule has 1 saturated heterocycles. The van der Waals surface area contributed by atoms with Gasteiger partial charge >= 0.3 is 0 Å². The lowest BCUT2D eigenvalue weighted by molar-refractivity contribution is 0.232. The summed E-state index contributed by atoms with van der Waals surface area (Å²) in [7, 11) is 0. The first kappa shape index (κ1) is 22.9. The van der Waals surface area contributed by atoms with Crippen LogP contribution in [0.4, 0.5) is 0 Å². The van der Waals surface area contributed by atoms with Crippen molar-refractivity contribution in [3.8, 4) is 34.1 Å². The van der Waals surface area contributed by atoms with Gasteiger partial charge in [0.2, 0.25) is 0 Å². The van der Waals surface area contributed by atoms with Gasteiger partial charge < -0.3 is 19.7 Å². The maximum Gasteiger partial charge on any atom is 0.133 e. The Balaban J connectivity index is 1.33. The van der Waals surface area contributed by atoms with E-state index in [4.69, 9.17) is 9.47 Å². The van der Waals surface area contributed by atoms with E-state index in [1.54, 1.807) is 36.0 Å². The van der Waals surface area contributed by atoms with E-state index in [1.165, 1.54) is 19.4 Å². The third kappa shape index (κ3) is 5.13. The van der Waals surface area contributed by atoms with E-state index in [0.29, 0.717) is 13.2 Å². The number of nitrogens with zero attached hydrogens (tertiary/aromatic N) is 1. The van der Waals surface area contributed by atoms with Gasteiger partial charge in [-0.3, -0.25) is 4.90 Å². The van der Waals surface area contributed by atoms with Crippen molar-refractivity contribution < 1.29 is 19.7 Å². The van der Waals surface area contributed by atoms with E-state index in [2.05, 4.69) is 11.8 Å². The Bertz CT molecular complexity index is 1150. The Kier molecular flexibility index (Phi) is 6.88. The Morgan fingerprint density at radius 3 is 2.76 bits per heavy atom. The molecule has 0 radical (unpaired) electrons. The molecular weight excluding hydrogens is 446 g/mol. The van der Waals surface area contributed by atoms with E-state index < -0.39 is 0 Å². The smallest absolute Gasteiger partial charge is 0.133 e. The molecule has 0 amide bonds. The summed E-state index contributed by atoms with van der Waals surface area (Å²) < 4.78 is 12.1. The highest BCUT2D eigenvalue weighted by Gasteiger charge is 2.25. The minimum atomic E-state index is 0.0381. The molecule has 2 heterocycles. The molecule has 178 valence electrons. The van der Waals surface area contributed by atoms with E-state index in [9.17, 15) is 10.2 Å². The number of fused-ring (bicyclic) bond motifs is 1. The quantitative estimate of drug-likeness (QED) is 0.429. The first-order valence-corrected chi connectivity index (χ1v) is 12.9. The highest BCUT2D eigenvalue weighted by Crippen LogP contribution is 2.48. The zero-order chi connectivity index (χ0) is 23.5. The van der Waals surface area contributed by atoms with Gasteiger partial charge in [0.1, 0.15) is 36.2 Å². The fourth-order valence-electron chi connectivity index (χ4n) is 4.78. The van der Waals surface area contributed by atoms with Gasteiger partial charge in [-0.2, -0.15) is 0 Å². The molecule has 2 aliphatic heterocycles. The molecule has 0 aliphatic carbocycles. The molecule has 6 heteroatoms. The number of phenols is 2. The number of likely N-dealkylation sites (tertiary alicyclic amines) is 1. The molecule has 34 heavy (non-hydrogen) atoms. The zero-order valence-electron chi connectivity index (χ0n) is 19.4. The Morgan fingerprint density at radius 1 is 1.06 bits per heavy atom. The molecular formula is C28H31NO4S. The van der Waals surface area contributed by atoms with Crippen LogP contribution in [0.1, 0.15) is 30.6 Å². The van der Waals surface area contributed by atoms with Gasteiger partial charge in [-0.15, -0.1) is 11.8 Å². The van der Waals surface area contributed by atoms with E-state index in [1.807, 2.05) is 36.4 Å². The molecule has 0 spiro atoms. The molecule has 1 fully saturated rings. The number of aromatic hydroxyl groups is 2. The number of hydrogen-bond donors (Lipinski definition) is 2. The van der Waals surface area contributed by atoms with Crippen molar-refractivity contribution in [2.75, 3.05) is 32.8 Å². The van der Waals surface area contributed by atoms with Crippen molar-refractivity contribution in [2.24, 2.45) is 5.92 Å². The van der Waals surface area contributed by atoms with Crippen molar-refractivity contribution in [1.29, 1.82) is 0 Å². The molecule has 0 aromatic heterocycles. The van der Waals surface area contributed by atoms with Gasteiger partial charge in [0.15, 0.2) is 0 Å². The highest BCUT2D eigenvalue weighted by molar-refractivity contribution is 7.99. The number of rotatable bonds is 7. The van der Waals surface area contributed by atoms with Crippen LogP contribution in [0.25, 0.3) is 11.1 Å². The van der Waals surface area contributed by atoms with Crippen LogP contribution in [-0.2, 0) is 0 Å². The standard InChI is InChI=1S/C28H31NO4S/c1-2-19-10-11-29(17-19)12-13-32-23-5-3-4-20(14-23)25-15-21(30)6-8-24(25)28-18-33-26-9-7-22(31)16-27(26)34-28/h3-9,14-16,19,28,30-31H,2,10-13,17-18H2,1H3/t19-,28-/m0/s1. The van der Waals surface area contributed by atoms with Gasteiger partial charge in [0.25, 0.3) is 0 Å². The number of benzene rings is 3. The first-order valence-electron chi connectivity index (χ1n) is 12.0. The third-order valence-corrected chi connectivity index (χ3v) is 7.99. The molecule has 2 N–H and O–H groups in total. The highest BCUT2D eigenvalue weighted by atomic mass is 32.2. The second-order valence-corrected chi connectivity index (χ2v) is 10.3. The maximum atomic E-state index is 10.3. The minimum Gasteiger partial charge on any atom is -0.508 e. The average Bonchev–Trinajstić information content (AvgIpc) is 3.32. The van der Waals surface area contributed by atoms with Crippen LogP contribution < -0.4 is 9.47 Å². The van der Waals surface area contributed by atoms with Gasteiger partial charge in [0, 0.05) is 13.1 Å². The molecule has 0 saturated carbocycles. The van der Waals surface area contributed by atoms with E-state index in [-0.39, 0.29) is 16.7 Å². The van der Waals surface area contributed by atoms with Crippen LogP contribution in [0.5, 0.6) is 23.0 Å². The minimum absolute atomic E-state index is 0.0381. The summed E-state index contributed by atoms with van der Waals surface area (Å²) in [6.45, 7) is 6.74. The predicted molar refractivity (Wildman–Crippen MR) is 136 cm³/mol. The molecule has 0 bridgehead atoms. The maximum absolute atomic E-state index is 10.3. The molecule has 0 unspecified atom stereocenters. The summed E-state index contributed by atoms with van der Waals surface area (Å²) in [5.41, 5.74) is 3.04. The summed E-state index contributed by atoms with van der Waals surface area (Å²) in [5.74, 6) is 2.90. The van der Waals surface area contributed by atoms with Crippen molar-refractivity contribution >= 4 is 11.8 Å². The SMILES string of the molecule is CC[C@H]1CCN(CCOc2cccc(-c3cc(O)ccc3[C@@H]3COc4ccc(O)cc4S3)c2)C1. The van der Waals surface area contributed by atoms with Crippen LogP contribution in [0.2, 0.25) is 0 Å². The lowest BCUT2D eigenvalue weighted by atomic mass is 9.97. The normalized spacial score (nSPS) is 20.0. The first-order chi connectivity index (χ1) is 16.6. The largest absolute Gasteiger partial charge is 0.508 e. The third-order valence-electron chi connectivity index (χ3n) is 6.74. The summed E-state index contributed by atoms with van der Waals surface area (Å²) in [4.78, 5) is 3.40. The van der Waals surface area contributed by atoms with Crippen LogP contribution in [-0.4, -0.2) is 48.0 Å². The van der Waals surface area contributed by atoms with Crippen LogP contribution in [0.15, 0.2) is 65.6 Å². The van der Waals surface area contributed by atoms with Crippen molar-refractivity contribution in [3.63, 3.8) is 0 Å². The molecule has 5 nitrogen and oxygen atoms in total. The monoisotopic (exact) mass is 477 g/mol. The van der Waals surface area contributed by atoms with E-state index >= 15 is 0 Å². The fraction of sp³-hybridized carbons (Fsp3) is 0.357. The lowest BCUT2D eigenvalue weighted by Crippen LogP contribution is -2.26. The summed E-state index contributed by atoms with van der Waals surface area (Å²) in [5, 5.41) is 20.2. The van der Waals surface area contributed by atoms with Gasteiger partial charge in [-0.25, -0.2) is 0 Å². The number of thioether (sulfide) groups is 1. The second-order valence-electron chi connectivity index (χ2n) is 9.06. The Morgan fingerprint density at radius 2 is 1.91 bits per heavy atom. The molecule has 2 aliphatic rings. The number of hydrogen-bond acceptors (Lipinski definition) is 6. The summed E-state index contributed by atoms with van der Waals surface area (Å²) in [6.07, 6.45) is 2.54. The van der Waals surface area contributed by atoms with Gasteiger partial charge in [0.05, 0.1) is 10.1 Å². The van der Waals surface area contributed by atoms with Gasteiger partial charge in [-0.05, 0) is 78.0 Å². The Hall–Kier alpha value is -2.83. The summed E-state index contributed by atoms with van der Waals surface area (Å²) in [6, 6.07) is 18.8. The lowest BCUT2D eigenvalue weighted by Gasteiger charge is -2.27. The van der Waals surface area contributed by atoms with Crippen molar-refractivity contribution in [2.45, 2.75) is 29.9 Å². The molecule has 3 aromatic rings. The molecule has 3 aromatic carbocycles. The predicted octanol–water partition coefficient (Wildman–Crippen LogP) is 6.10. The molecule has 5 rings (SSSR count). The zero-order valence-corrected chi connectivity index (χ0v) is 20.3. The van der Waals surface area contributed by atoms with Crippen LogP contribution >= 0.6 is 11.8 Å². The fourth-order valence-corrected chi connectivity index (χ4v) is 5.99. The van der Waals surface area contributed by atoms with Crippen molar-refractivity contribution in [3.05, 3.63) is 66.2 Å². The Labute approximate surface area is 205 Å². The summed E-state index contributed by atoms with van der Waals surface area (Å²) >= 11 is 1.67. The second kappa shape index (κ2) is 10.2. The van der Waals surface area contributed by atoms with Crippen LogP contribution in [0.3, 0.4) is 0 Å². The van der Waals surface area contributed by atoms with Crippen LogP contribution in [0, 0.1) is 5.92 Å². The number of phenolic OH excluding ortho intramolecular Hbond substituents is 2. The van der Waals surface area contributed by atoms with Gasteiger partial charge in [-0.1, -0.05) is 31.5 Å². The molecule has 2 atom stereocenters. The topological polar surface area (TPSA) is 62.2 Å². The van der Waals surface area contributed by atoms with Crippen molar-refractivity contribution in [1.82, 2.24) is 4.90 Å².